The Labute approximate surface area is 231 Å². The van der Waals surface area contributed by atoms with Crippen molar-refractivity contribution in [3.05, 3.63) is 89.8 Å². The summed E-state index contributed by atoms with van der Waals surface area (Å²) >= 11 is 0. The summed E-state index contributed by atoms with van der Waals surface area (Å²) in [4.78, 5) is 17.7. The normalized spacial score (nSPS) is 11.1. The topological polar surface area (TPSA) is 80.0 Å². The number of hydrogen-bond acceptors (Lipinski definition) is 7. The number of rotatable bonds is 14. The zero-order chi connectivity index (χ0) is 28.5. The van der Waals surface area contributed by atoms with E-state index in [0.29, 0.717) is 48.0 Å². The van der Waals surface area contributed by atoms with Crippen LogP contribution in [0.25, 0.3) is 11.5 Å². The molecule has 210 valence electrons. The molecule has 0 saturated carbocycles. The summed E-state index contributed by atoms with van der Waals surface area (Å²) < 4.78 is 53.0. The third-order valence-corrected chi connectivity index (χ3v) is 5.73. The second-order valence-corrected chi connectivity index (χ2v) is 9.14. The molecule has 0 saturated heterocycles. The molecular formula is C31H31F2NO6. The lowest BCUT2D eigenvalue weighted by atomic mass is 10.0. The van der Waals surface area contributed by atoms with Crippen molar-refractivity contribution in [2.75, 3.05) is 6.61 Å². The third-order valence-electron chi connectivity index (χ3n) is 5.73. The summed E-state index contributed by atoms with van der Waals surface area (Å²) in [5.41, 5.74) is 2.54. The second-order valence-electron chi connectivity index (χ2n) is 9.14. The number of aromatic nitrogens is 1. The van der Waals surface area contributed by atoms with Crippen LogP contribution in [0.1, 0.15) is 48.8 Å². The number of hydrogen-bond donors (Lipinski definition) is 0. The minimum atomic E-state index is -2.98. The summed E-state index contributed by atoms with van der Waals surface area (Å²) in [6.07, 6.45) is 1.70. The molecule has 0 atom stereocenters. The van der Waals surface area contributed by atoms with E-state index >= 15 is 0 Å². The number of aryl methyl sites for hydroxylation is 1. The number of oxazole rings is 1. The molecule has 4 aromatic rings. The maximum atomic E-state index is 13.2. The van der Waals surface area contributed by atoms with Crippen molar-refractivity contribution >= 4 is 5.78 Å². The molecule has 1 aromatic heterocycles. The minimum absolute atomic E-state index is 0.0788. The highest BCUT2D eigenvalue weighted by molar-refractivity contribution is 5.99. The first-order valence-corrected chi connectivity index (χ1v) is 13.0. The van der Waals surface area contributed by atoms with Gasteiger partial charge in [0, 0.05) is 18.4 Å². The third kappa shape index (κ3) is 7.81. The van der Waals surface area contributed by atoms with Crippen LogP contribution in [0.4, 0.5) is 8.78 Å². The fraction of sp³-hybridized carbons (Fsp3) is 0.290. The van der Waals surface area contributed by atoms with E-state index in [1.54, 1.807) is 38.1 Å². The second kappa shape index (κ2) is 13.6. The van der Waals surface area contributed by atoms with E-state index in [1.807, 2.05) is 37.3 Å². The van der Waals surface area contributed by atoms with Crippen LogP contribution in [-0.4, -0.2) is 30.1 Å². The highest BCUT2D eigenvalue weighted by Crippen LogP contribution is 2.34. The fourth-order valence-corrected chi connectivity index (χ4v) is 3.95. The number of halogens is 2. The van der Waals surface area contributed by atoms with Crippen LogP contribution >= 0.6 is 0 Å². The molecule has 1 heterocycles. The molecule has 0 N–H and O–H groups in total. The summed E-state index contributed by atoms with van der Waals surface area (Å²) in [5.74, 6) is 1.28. The fourth-order valence-electron chi connectivity index (χ4n) is 3.95. The molecule has 0 aliphatic carbocycles. The molecule has 3 aromatic carbocycles. The highest BCUT2D eigenvalue weighted by atomic mass is 19.3. The number of ketones is 1. The van der Waals surface area contributed by atoms with Gasteiger partial charge >= 0.3 is 6.61 Å². The SMILES string of the molecule is CCOc1ccc(OCc2ccccc2)cc1C(=O)CCc1coc(-c2ccc(OC(F)F)c(OC(C)C)c2)n1. The summed E-state index contributed by atoms with van der Waals surface area (Å²) in [7, 11) is 0. The van der Waals surface area contributed by atoms with Gasteiger partial charge in [-0.15, -0.1) is 0 Å². The Morgan fingerprint density at radius 2 is 1.70 bits per heavy atom. The molecule has 9 heteroatoms. The zero-order valence-corrected chi connectivity index (χ0v) is 22.6. The van der Waals surface area contributed by atoms with Crippen molar-refractivity contribution in [3.63, 3.8) is 0 Å². The van der Waals surface area contributed by atoms with E-state index in [0.717, 1.165) is 5.56 Å². The van der Waals surface area contributed by atoms with Crippen LogP contribution in [0.5, 0.6) is 23.0 Å². The van der Waals surface area contributed by atoms with Gasteiger partial charge in [0.05, 0.1) is 24.0 Å². The number of benzene rings is 3. The van der Waals surface area contributed by atoms with Gasteiger partial charge < -0.3 is 23.4 Å². The lowest BCUT2D eigenvalue weighted by Crippen LogP contribution is -2.09. The molecule has 4 rings (SSSR count). The van der Waals surface area contributed by atoms with E-state index in [2.05, 4.69) is 9.72 Å². The highest BCUT2D eigenvalue weighted by Gasteiger charge is 2.18. The van der Waals surface area contributed by atoms with Crippen LogP contribution in [-0.2, 0) is 13.0 Å². The first-order valence-electron chi connectivity index (χ1n) is 13.0. The van der Waals surface area contributed by atoms with E-state index in [-0.39, 0.29) is 35.7 Å². The molecule has 0 amide bonds. The largest absolute Gasteiger partial charge is 0.493 e. The minimum Gasteiger partial charge on any atom is -0.493 e. The maximum Gasteiger partial charge on any atom is 0.387 e. The molecule has 0 spiro atoms. The number of Topliss-reactive ketones (excluding diaryl/α,β-unsaturated/α-hetero) is 1. The number of nitrogens with zero attached hydrogens (tertiary/aromatic N) is 1. The molecule has 40 heavy (non-hydrogen) atoms. The Kier molecular flexibility index (Phi) is 9.72. The Balaban J connectivity index is 1.45. The van der Waals surface area contributed by atoms with Crippen molar-refractivity contribution in [2.24, 2.45) is 0 Å². The smallest absolute Gasteiger partial charge is 0.387 e. The Bertz CT molecular complexity index is 1400. The molecule has 0 aliphatic heterocycles. The van der Waals surface area contributed by atoms with Crippen molar-refractivity contribution in [3.8, 4) is 34.5 Å². The van der Waals surface area contributed by atoms with Gasteiger partial charge in [0.15, 0.2) is 17.3 Å². The molecule has 0 fully saturated rings. The Morgan fingerprint density at radius 3 is 2.42 bits per heavy atom. The van der Waals surface area contributed by atoms with Gasteiger partial charge in [-0.05, 0) is 62.7 Å². The monoisotopic (exact) mass is 551 g/mol. The average molecular weight is 552 g/mol. The van der Waals surface area contributed by atoms with E-state index in [1.165, 1.54) is 18.4 Å². The number of carbonyl (C=O) groups is 1. The van der Waals surface area contributed by atoms with Crippen LogP contribution in [0, 0.1) is 0 Å². The van der Waals surface area contributed by atoms with Gasteiger partial charge in [0.1, 0.15) is 24.4 Å². The van der Waals surface area contributed by atoms with Crippen LogP contribution in [0.15, 0.2) is 77.4 Å². The lowest BCUT2D eigenvalue weighted by molar-refractivity contribution is -0.0518. The van der Waals surface area contributed by atoms with E-state index in [9.17, 15) is 13.6 Å². The molecule has 0 aliphatic rings. The van der Waals surface area contributed by atoms with Gasteiger partial charge in [0.2, 0.25) is 5.89 Å². The van der Waals surface area contributed by atoms with Crippen molar-refractivity contribution in [1.29, 1.82) is 0 Å². The van der Waals surface area contributed by atoms with Gasteiger partial charge in [0.25, 0.3) is 0 Å². The van der Waals surface area contributed by atoms with Crippen LogP contribution in [0.2, 0.25) is 0 Å². The number of ether oxygens (including phenoxy) is 4. The molecular weight excluding hydrogens is 520 g/mol. The van der Waals surface area contributed by atoms with Gasteiger partial charge in [-0.3, -0.25) is 4.79 Å². The van der Waals surface area contributed by atoms with E-state index in [4.69, 9.17) is 18.6 Å². The Hall–Kier alpha value is -4.40. The molecule has 7 nitrogen and oxygen atoms in total. The van der Waals surface area contributed by atoms with Crippen molar-refractivity contribution in [1.82, 2.24) is 4.98 Å². The summed E-state index contributed by atoms with van der Waals surface area (Å²) in [5, 5.41) is 0. The lowest BCUT2D eigenvalue weighted by Gasteiger charge is -2.15. The first-order chi connectivity index (χ1) is 19.3. The number of alkyl halides is 2. The Morgan fingerprint density at radius 1 is 0.925 bits per heavy atom. The maximum absolute atomic E-state index is 13.2. The van der Waals surface area contributed by atoms with Gasteiger partial charge in [-0.25, -0.2) is 4.98 Å². The molecule has 0 radical (unpaired) electrons. The predicted octanol–water partition coefficient (Wildman–Crippen LogP) is 7.52. The van der Waals surface area contributed by atoms with Crippen LogP contribution < -0.4 is 18.9 Å². The first kappa shape index (κ1) is 28.6. The van der Waals surface area contributed by atoms with Crippen LogP contribution in [0.3, 0.4) is 0 Å². The predicted molar refractivity (Wildman–Crippen MR) is 145 cm³/mol. The van der Waals surface area contributed by atoms with Crippen molar-refractivity contribution < 1.29 is 36.9 Å². The van der Waals surface area contributed by atoms with Gasteiger partial charge in [-0.1, -0.05) is 30.3 Å². The summed E-state index contributed by atoms with van der Waals surface area (Å²) in [6.45, 7) is 3.23. The standard InChI is InChI=1S/C31H31F2NO6/c1-4-36-27-15-12-24(37-18-21-8-6-5-7-9-21)17-25(27)26(35)13-11-23-19-38-30(34-23)22-10-14-28(40-31(32)33)29(16-22)39-20(2)3/h5-10,12,14-17,19-20,31H,4,11,13,18H2,1-3H3. The number of carbonyl (C=O) groups excluding carboxylic acids is 1. The molecule has 0 bridgehead atoms. The molecule has 0 unspecified atom stereocenters. The quantitative estimate of drug-likeness (QED) is 0.150. The van der Waals surface area contributed by atoms with Crippen molar-refractivity contribution in [2.45, 2.75) is 52.9 Å². The zero-order valence-electron chi connectivity index (χ0n) is 22.6. The average Bonchev–Trinajstić information content (AvgIpc) is 3.41. The summed E-state index contributed by atoms with van der Waals surface area (Å²) in [6, 6.07) is 19.5. The van der Waals surface area contributed by atoms with Gasteiger partial charge in [-0.2, -0.15) is 8.78 Å². The van der Waals surface area contributed by atoms with E-state index < -0.39 is 6.61 Å².